The molecule has 0 bridgehead atoms. The predicted molar refractivity (Wildman–Crippen MR) is 36.1 cm³/mol. The summed E-state index contributed by atoms with van der Waals surface area (Å²) in [7, 11) is -1.10. The molecule has 1 atom stereocenters. The van der Waals surface area contributed by atoms with E-state index >= 15 is 0 Å². The predicted octanol–water partition coefficient (Wildman–Crippen LogP) is -1.25. The molecule has 62 valence electrons. The summed E-state index contributed by atoms with van der Waals surface area (Å²) in [6.45, 7) is -0.0984. The Balaban J connectivity index is 3.99. The third kappa shape index (κ3) is 3.78. The van der Waals surface area contributed by atoms with Crippen molar-refractivity contribution in [3.8, 4) is 0 Å². The first-order chi connectivity index (χ1) is 4.34. The maximum Gasteiger partial charge on any atom is 0.293 e. The molecule has 0 amide bonds. The molecule has 0 heterocycles. The van der Waals surface area contributed by atoms with Crippen LogP contribution in [0.2, 0.25) is 0 Å². The van der Waals surface area contributed by atoms with E-state index in [4.69, 9.17) is 9.66 Å². The van der Waals surface area contributed by atoms with Gasteiger partial charge in [0.15, 0.2) is 5.44 Å². The van der Waals surface area contributed by atoms with Crippen LogP contribution in [-0.4, -0.2) is 49.1 Å². The summed E-state index contributed by atoms with van der Waals surface area (Å²) in [6.07, 6.45) is 0. The van der Waals surface area contributed by atoms with Crippen LogP contribution in [0.25, 0.3) is 0 Å². The van der Waals surface area contributed by atoms with Crippen molar-refractivity contribution >= 4 is 10.1 Å². The molecule has 0 aromatic rings. The van der Waals surface area contributed by atoms with Crippen LogP contribution in [0.1, 0.15) is 0 Å². The molecule has 0 rings (SSSR count). The fourth-order valence-corrected chi connectivity index (χ4v) is 0.893. The van der Waals surface area contributed by atoms with E-state index in [1.165, 1.54) is 4.90 Å². The van der Waals surface area contributed by atoms with Gasteiger partial charge in [0, 0.05) is 6.54 Å². The van der Waals surface area contributed by atoms with E-state index in [9.17, 15) is 8.42 Å². The molecule has 0 aliphatic carbocycles. The van der Waals surface area contributed by atoms with E-state index in [1.54, 1.807) is 14.1 Å². The molecule has 0 aromatic heterocycles. The largest absolute Gasteiger partial charge is 0.374 e. The smallest absolute Gasteiger partial charge is 0.293 e. The number of nitrogens with zero attached hydrogens (tertiary/aromatic N) is 1. The molecule has 10 heavy (non-hydrogen) atoms. The lowest BCUT2D eigenvalue weighted by molar-refractivity contribution is 0.190. The van der Waals surface area contributed by atoms with Crippen molar-refractivity contribution in [1.82, 2.24) is 4.90 Å². The van der Waals surface area contributed by atoms with E-state index in [1.807, 2.05) is 0 Å². The first kappa shape index (κ1) is 9.83. The molecule has 0 saturated carbocycles. The molecule has 0 aromatic carbocycles. The van der Waals surface area contributed by atoms with Crippen LogP contribution in [0, 0.1) is 0 Å². The van der Waals surface area contributed by atoms with Gasteiger partial charge in [0.1, 0.15) is 0 Å². The number of hydrogen-bond acceptors (Lipinski definition) is 4. The Bertz CT molecular complexity index is 185. The van der Waals surface area contributed by atoms with E-state index in [-0.39, 0.29) is 6.54 Å². The summed E-state index contributed by atoms with van der Waals surface area (Å²) in [5.41, 5.74) is -1.71. The van der Waals surface area contributed by atoms with Gasteiger partial charge in [0.25, 0.3) is 10.1 Å². The Morgan fingerprint density at radius 1 is 1.50 bits per heavy atom. The summed E-state index contributed by atoms with van der Waals surface area (Å²) < 4.78 is 28.5. The zero-order valence-electron chi connectivity index (χ0n) is 5.85. The fourth-order valence-electron chi connectivity index (χ4n) is 0.407. The standard InChI is InChI=1S/C4H11NO4S/c1-5(2)3-4(6)10(7,8)9/h4,6H,3H2,1-2H3,(H,7,8,9)/t4-/m1/s1. The third-order valence-corrected chi connectivity index (χ3v) is 1.70. The average molecular weight is 169 g/mol. The SMILES string of the molecule is CN(C)C[C@H](O)S(=O)(=O)O. The van der Waals surface area contributed by atoms with Gasteiger partial charge in [-0.2, -0.15) is 8.42 Å². The van der Waals surface area contributed by atoms with Crippen LogP contribution in [0.5, 0.6) is 0 Å². The number of rotatable bonds is 3. The zero-order chi connectivity index (χ0) is 8.36. The fraction of sp³-hybridized carbons (Fsp3) is 1.00. The van der Waals surface area contributed by atoms with Gasteiger partial charge in [0.05, 0.1) is 0 Å². The first-order valence-electron chi connectivity index (χ1n) is 2.63. The molecular weight excluding hydrogens is 158 g/mol. The molecule has 6 heteroatoms. The highest BCUT2D eigenvalue weighted by atomic mass is 32.2. The molecule has 0 aliphatic rings. The maximum atomic E-state index is 10.1. The highest BCUT2D eigenvalue weighted by molar-refractivity contribution is 7.86. The number of hydrogen-bond donors (Lipinski definition) is 2. The maximum absolute atomic E-state index is 10.1. The van der Waals surface area contributed by atoms with Crippen LogP contribution >= 0.6 is 0 Å². The van der Waals surface area contributed by atoms with Gasteiger partial charge in [-0.3, -0.25) is 4.55 Å². The summed E-state index contributed by atoms with van der Waals surface area (Å²) in [5, 5.41) is 8.68. The number of likely N-dealkylation sites (N-methyl/N-ethyl adjacent to an activating group) is 1. The van der Waals surface area contributed by atoms with Crippen molar-refractivity contribution in [2.24, 2.45) is 0 Å². The van der Waals surface area contributed by atoms with Gasteiger partial charge in [-0.05, 0) is 14.1 Å². The van der Waals surface area contributed by atoms with Crippen LogP contribution in [-0.2, 0) is 10.1 Å². The molecular formula is C4H11NO4S. The van der Waals surface area contributed by atoms with Gasteiger partial charge in [-0.15, -0.1) is 0 Å². The minimum absolute atomic E-state index is 0.0984. The van der Waals surface area contributed by atoms with Gasteiger partial charge in [-0.1, -0.05) is 0 Å². The van der Waals surface area contributed by atoms with E-state index in [2.05, 4.69) is 0 Å². The number of aliphatic hydroxyl groups is 1. The van der Waals surface area contributed by atoms with E-state index in [0.717, 1.165) is 0 Å². The van der Waals surface area contributed by atoms with Crippen molar-refractivity contribution in [1.29, 1.82) is 0 Å². The van der Waals surface area contributed by atoms with Gasteiger partial charge < -0.3 is 10.0 Å². The van der Waals surface area contributed by atoms with Crippen LogP contribution < -0.4 is 0 Å². The van der Waals surface area contributed by atoms with Gasteiger partial charge in [-0.25, -0.2) is 0 Å². The summed E-state index contributed by atoms with van der Waals surface area (Å²) in [6, 6.07) is 0. The second-order valence-corrected chi connectivity index (χ2v) is 3.81. The lowest BCUT2D eigenvalue weighted by atomic mass is 10.6. The third-order valence-electron chi connectivity index (χ3n) is 0.865. The van der Waals surface area contributed by atoms with Crippen molar-refractivity contribution in [3.05, 3.63) is 0 Å². The minimum Gasteiger partial charge on any atom is -0.374 e. The van der Waals surface area contributed by atoms with Crippen molar-refractivity contribution < 1.29 is 18.1 Å². The van der Waals surface area contributed by atoms with Gasteiger partial charge >= 0.3 is 0 Å². The molecule has 0 aliphatic heterocycles. The second kappa shape index (κ2) is 3.29. The monoisotopic (exact) mass is 169 g/mol. The van der Waals surface area contributed by atoms with Crippen LogP contribution in [0.3, 0.4) is 0 Å². The number of aliphatic hydroxyl groups excluding tert-OH is 1. The first-order valence-corrected chi connectivity index (χ1v) is 4.13. The van der Waals surface area contributed by atoms with Gasteiger partial charge in [0.2, 0.25) is 0 Å². The minimum atomic E-state index is -4.28. The van der Waals surface area contributed by atoms with E-state index in [0.29, 0.717) is 0 Å². The summed E-state index contributed by atoms with van der Waals surface area (Å²) in [5.74, 6) is 0. The molecule has 0 fully saturated rings. The average Bonchev–Trinajstić information content (AvgIpc) is 1.60. The molecule has 0 radical (unpaired) electrons. The molecule has 0 spiro atoms. The highest BCUT2D eigenvalue weighted by Crippen LogP contribution is 1.94. The lowest BCUT2D eigenvalue weighted by Crippen LogP contribution is -2.32. The van der Waals surface area contributed by atoms with Crippen molar-refractivity contribution in [3.63, 3.8) is 0 Å². The summed E-state index contributed by atoms with van der Waals surface area (Å²) >= 11 is 0. The Labute approximate surface area is 60.0 Å². The molecule has 0 saturated heterocycles. The Kier molecular flexibility index (Phi) is 3.23. The quantitative estimate of drug-likeness (QED) is 0.516. The Morgan fingerprint density at radius 3 is 2.00 bits per heavy atom. The lowest BCUT2D eigenvalue weighted by Gasteiger charge is -2.12. The van der Waals surface area contributed by atoms with Crippen molar-refractivity contribution in [2.45, 2.75) is 5.44 Å². The second-order valence-electron chi connectivity index (χ2n) is 2.23. The highest BCUT2D eigenvalue weighted by Gasteiger charge is 2.19. The van der Waals surface area contributed by atoms with Crippen molar-refractivity contribution in [2.75, 3.05) is 20.6 Å². The Hall–Kier alpha value is -0.170. The Morgan fingerprint density at radius 2 is 1.90 bits per heavy atom. The molecule has 2 N–H and O–H groups in total. The topological polar surface area (TPSA) is 77.8 Å². The summed E-state index contributed by atoms with van der Waals surface area (Å²) in [4.78, 5) is 1.46. The zero-order valence-corrected chi connectivity index (χ0v) is 6.67. The van der Waals surface area contributed by atoms with Crippen LogP contribution in [0.4, 0.5) is 0 Å². The van der Waals surface area contributed by atoms with E-state index < -0.39 is 15.6 Å². The van der Waals surface area contributed by atoms with Crippen LogP contribution in [0.15, 0.2) is 0 Å². The molecule has 0 unspecified atom stereocenters. The molecule has 5 nitrogen and oxygen atoms in total. The normalized spacial score (nSPS) is 15.7.